The summed E-state index contributed by atoms with van der Waals surface area (Å²) in [6.07, 6.45) is 1.70. The van der Waals surface area contributed by atoms with Crippen LogP contribution in [0.4, 0.5) is 10.5 Å². The van der Waals surface area contributed by atoms with Crippen molar-refractivity contribution in [2.45, 2.75) is 19.8 Å². The van der Waals surface area contributed by atoms with Crippen LogP contribution in [0.15, 0.2) is 6.07 Å². The van der Waals surface area contributed by atoms with Crippen molar-refractivity contribution in [1.29, 1.82) is 0 Å². The minimum absolute atomic E-state index is 0.0289. The normalized spacial score (nSPS) is 19.8. The molecule has 6 heteroatoms. The molecular weight excluding hydrogens is 294 g/mol. The molecule has 0 bridgehead atoms. The number of rotatable bonds is 2. The van der Waals surface area contributed by atoms with Crippen LogP contribution in [0.1, 0.15) is 18.1 Å². The van der Waals surface area contributed by atoms with Gasteiger partial charge in [0.1, 0.15) is 11.5 Å². The molecule has 23 heavy (non-hydrogen) atoms. The SMILES string of the molecule is CCN1CCN(C(=O)Nc2c3c(cc4c2OCC4)OCC3)CC1. The van der Waals surface area contributed by atoms with Gasteiger partial charge in [0.05, 0.1) is 18.9 Å². The number of fused-ring (bicyclic) bond motifs is 2. The van der Waals surface area contributed by atoms with Crippen LogP contribution in [0, 0.1) is 0 Å². The van der Waals surface area contributed by atoms with Gasteiger partial charge in [0, 0.05) is 50.1 Å². The molecule has 1 fully saturated rings. The zero-order valence-electron chi connectivity index (χ0n) is 13.6. The second kappa shape index (κ2) is 5.92. The number of piperazine rings is 1. The van der Waals surface area contributed by atoms with Crippen molar-refractivity contribution in [2.75, 3.05) is 51.3 Å². The predicted octanol–water partition coefficient (Wildman–Crippen LogP) is 1.73. The topological polar surface area (TPSA) is 54.0 Å². The van der Waals surface area contributed by atoms with Crippen LogP contribution in [0.3, 0.4) is 0 Å². The van der Waals surface area contributed by atoms with Crippen molar-refractivity contribution in [2.24, 2.45) is 0 Å². The number of carbonyl (C=O) groups is 1. The van der Waals surface area contributed by atoms with E-state index in [1.54, 1.807) is 0 Å². The van der Waals surface area contributed by atoms with Crippen LogP contribution >= 0.6 is 0 Å². The maximum absolute atomic E-state index is 12.7. The van der Waals surface area contributed by atoms with Crippen LogP contribution < -0.4 is 14.8 Å². The van der Waals surface area contributed by atoms with Crippen LogP contribution in [-0.4, -0.2) is 61.8 Å². The summed E-state index contributed by atoms with van der Waals surface area (Å²) in [5.74, 6) is 1.75. The van der Waals surface area contributed by atoms with Gasteiger partial charge in [-0.2, -0.15) is 0 Å². The molecule has 0 unspecified atom stereocenters. The Kier molecular flexibility index (Phi) is 3.77. The minimum Gasteiger partial charge on any atom is -0.493 e. The predicted molar refractivity (Wildman–Crippen MR) is 87.5 cm³/mol. The quantitative estimate of drug-likeness (QED) is 0.902. The minimum atomic E-state index is -0.0289. The van der Waals surface area contributed by atoms with E-state index in [9.17, 15) is 4.79 Å². The average Bonchev–Trinajstić information content (AvgIpc) is 3.23. The van der Waals surface area contributed by atoms with Gasteiger partial charge in [-0.05, 0) is 12.6 Å². The number of nitrogens with one attached hydrogen (secondary N) is 1. The zero-order valence-corrected chi connectivity index (χ0v) is 13.6. The van der Waals surface area contributed by atoms with Gasteiger partial charge in [0.15, 0.2) is 0 Å². The second-order valence-corrected chi connectivity index (χ2v) is 6.26. The molecule has 124 valence electrons. The number of benzene rings is 1. The van der Waals surface area contributed by atoms with E-state index >= 15 is 0 Å². The van der Waals surface area contributed by atoms with Gasteiger partial charge in [-0.25, -0.2) is 4.79 Å². The highest BCUT2D eigenvalue weighted by Gasteiger charge is 2.29. The summed E-state index contributed by atoms with van der Waals surface area (Å²) in [4.78, 5) is 16.9. The second-order valence-electron chi connectivity index (χ2n) is 6.26. The van der Waals surface area contributed by atoms with Crippen LogP contribution in [0.2, 0.25) is 0 Å². The lowest BCUT2D eigenvalue weighted by Gasteiger charge is -2.34. The Morgan fingerprint density at radius 3 is 2.74 bits per heavy atom. The summed E-state index contributed by atoms with van der Waals surface area (Å²) in [6, 6.07) is 2.04. The molecule has 1 aromatic rings. The van der Waals surface area contributed by atoms with Gasteiger partial charge < -0.3 is 24.6 Å². The summed E-state index contributed by atoms with van der Waals surface area (Å²) < 4.78 is 11.5. The van der Waals surface area contributed by atoms with E-state index in [1.807, 2.05) is 4.90 Å². The van der Waals surface area contributed by atoms with Gasteiger partial charge in [-0.15, -0.1) is 0 Å². The molecule has 3 aliphatic rings. The molecule has 0 spiro atoms. The number of amides is 2. The molecule has 0 saturated carbocycles. The van der Waals surface area contributed by atoms with E-state index in [0.717, 1.165) is 73.9 Å². The Balaban J connectivity index is 1.54. The maximum atomic E-state index is 12.7. The first-order valence-electron chi connectivity index (χ1n) is 8.49. The first-order chi connectivity index (χ1) is 11.3. The van der Waals surface area contributed by atoms with E-state index in [-0.39, 0.29) is 6.03 Å². The Bertz CT molecular complexity index is 592. The summed E-state index contributed by atoms with van der Waals surface area (Å²) in [7, 11) is 0. The van der Waals surface area contributed by atoms with Gasteiger partial charge in [0.25, 0.3) is 0 Å². The van der Waals surface area contributed by atoms with Gasteiger partial charge in [0.2, 0.25) is 0 Å². The van der Waals surface area contributed by atoms with Gasteiger partial charge in [-0.1, -0.05) is 6.92 Å². The van der Waals surface area contributed by atoms with Crippen molar-refractivity contribution >= 4 is 11.7 Å². The highest BCUT2D eigenvalue weighted by Crippen LogP contribution is 2.44. The molecule has 0 aliphatic carbocycles. The molecule has 3 aliphatic heterocycles. The molecule has 0 atom stereocenters. The molecule has 4 rings (SSSR count). The van der Waals surface area contributed by atoms with Crippen molar-refractivity contribution in [1.82, 2.24) is 9.80 Å². The fraction of sp³-hybridized carbons (Fsp3) is 0.588. The van der Waals surface area contributed by atoms with Crippen LogP contribution in [-0.2, 0) is 12.8 Å². The number of nitrogens with zero attached hydrogens (tertiary/aromatic N) is 2. The van der Waals surface area contributed by atoms with Crippen molar-refractivity contribution in [3.8, 4) is 11.5 Å². The third-order valence-corrected chi connectivity index (χ3v) is 4.99. The fourth-order valence-corrected chi connectivity index (χ4v) is 3.57. The van der Waals surface area contributed by atoms with E-state index in [2.05, 4.69) is 23.2 Å². The maximum Gasteiger partial charge on any atom is 0.322 e. The van der Waals surface area contributed by atoms with Crippen molar-refractivity contribution in [3.63, 3.8) is 0 Å². The molecular formula is C17H23N3O3. The number of likely N-dealkylation sites (N-methyl/N-ethyl adjacent to an activating group) is 1. The smallest absolute Gasteiger partial charge is 0.322 e. The van der Waals surface area contributed by atoms with E-state index < -0.39 is 0 Å². The Hall–Kier alpha value is -1.95. The third kappa shape index (κ3) is 2.61. The lowest BCUT2D eigenvalue weighted by atomic mass is 10.0. The molecule has 3 heterocycles. The van der Waals surface area contributed by atoms with E-state index in [4.69, 9.17) is 9.47 Å². The van der Waals surface area contributed by atoms with Crippen LogP contribution in [0.25, 0.3) is 0 Å². The molecule has 0 aromatic heterocycles. The fourth-order valence-electron chi connectivity index (χ4n) is 3.57. The van der Waals surface area contributed by atoms with E-state index in [0.29, 0.717) is 13.2 Å². The number of ether oxygens (including phenoxy) is 2. The Morgan fingerprint density at radius 2 is 1.96 bits per heavy atom. The average molecular weight is 317 g/mol. The number of urea groups is 1. The molecule has 1 saturated heterocycles. The largest absolute Gasteiger partial charge is 0.493 e. The number of anilines is 1. The van der Waals surface area contributed by atoms with E-state index in [1.165, 1.54) is 0 Å². The highest BCUT2D eigenvalue weighted by molar-refractivity contribution is 5.93. The Morgan fingerprint density at radius 1 is 1.17 bits per heavy atom. The molecule has 0 radical (unpaired) electrons. The summed E-state index contributed by atoms with van der Waals surface area (Å²) in [5.41, 5.74) is 3.04. The summed E-state index contributed by atoms with van der Waals surface area (Å²) in [6.45, 7) is 7.97. The highest BCUT2D eigenvalue weighted by atomic mass is 16.5. The van der Waals surface area contributed by atoms with Gasteiger partial charge in [-0.3, -0.25) is 0 Å². The lowest BCUT2D eigenvalue weighted by molar-refractivity contribution is 0.151. The first-order valence-corrected chi connectivity index (χ1v) is 8.49. The van der Waals surface area contributed by atoms with Crippen molar-refractivity contribution < 1.29 is 14.3 Å². The van der Waals surface area contributed by atoms with Crippen molar-refractivity contribution in [3.05, 3.63) is 17.2 Å². The monoisotopic (exact) mass is 317 g/mol. The summed E-state index contributed by atoms with van der Waals surface area (Å²) >= 11 is 0. The molecule has 2 amide bonds. The Labute approximate surface area is 136 Å². The summed E-state index contributed by atoms with van der Waals surface area (Å²) in [5, 5.41) is 3.11. The van der Waals surface area contributed by atoms with Crippen LogP contribution in [0.5, 0.6) is 11.5 Å². The zero-order chi connectivity index (χ0) is 15.8. The number of carbonyl (C=O) groups excluding carboxylic acids is 1. The third-order valence-electron chi connectivity index (χ3n) is 4.99. The molecule has 1 N–H and O–H groups in total. The van der Waals surface area contributed by atoms with Gasteiger partial charge >= 0.3 is 6.03 Å². The molecule has 1 aromatic carbocycles. The molecule has 6 nitrogen and oxygen atoms in total. The lowest BCUT2D eigenvalue weighted by Crippen LogP contribution is -2.49. The number of hydrogen-bond acceptors (Lipinski definition) is 4. The standard InChI is InChI=1S/C17H23N3O3/c1-2-19-5-7-20(8-6-19)17(21)18-15-13-4-10-22-14(13)11-12-3-9-23-16(12)15/h11H,2-10H2,1H3,(H,18,21). The first kappa shape index (κ1) is 14.6. The number of hydrogen-bond donors (Lipinski definition) is 1.